The van der Waals surface area contributed by atoms with Crippen LogP contribution >= 0.6 is 0 Å². The smallest absolute Gasteiger partial charge is 0.319 e. The Morgan fingerprint density at radius 1 is 1.22 bits per heavy atom. The number of aliphatic hydroxyl groups is 1. The van der Waals surface area contributed by atoms with Crippen LogP contribution in [0.3, 0.4) is 0 Å². The Morgan fingerprint density at radius 2 is 2.05 bits per heavy atom. The molecule has 2 aromatic heterocycles. The van der Waals surface area contributed by atoms with Crippen LogP contribution in [0.1, 0.15) is 38.8 Å². The molecule has 10 heteroatoms. The molecule has 1 aliphatic carbocycles. The summed E-state index contributed by atoms with van der Waals surface area (Å²) in [5.74, 6) is 4.87. The molecule has 41 heavy (non-hydrogen) atoms. The van der Waals surface area contributed by atoms with Crippen LogP contribution in [0.15, 0.2) is 42.1 Å². The van der Waals surface area contributed by atoms with E-state index in [0.717, 1.165) is 12.0 Å². The van der Waals surface area contributed by atoms with Crippen molar-refractivity contribution >= 4 is 27.5 Å². The number of anilines is 1. The molecule has 0 amide bonds. The fourth-order valence-corrected chi connectivity index (χ4v) is 5.50. The van der Waals surface area contributed by atoms with Gasteiger partial charge in [0.25, 0.3) is 0 Å². The van der Waals surface area contributed by atoms with Gasteiger partial charge in [-0.2, -0.15) is 9.97 Å². The summed E-state index contributed by atoms with van der Waals surface area (Å²) in [4.78, 5) is 15.6. The molecule has 2 aromatic carbocycles. The van der Waals surface area contributed by atoms with Gasteiger partial charge in [-0.05, 0) is 85.8 Å². The molecule has 1 aliphatic heterocycles. The van der Waals surface area contributed by atoms with E-state index in [2.05, 4.69) is 26.8 Å². The zero-order valence-corrected chi connectivity index (χ0v) is 22.7. The van der Waals surface area contributed by atoms with Gasteiger partial charge in [-0.1, -0.05) is 12.0 Å². The number of aromatic nitrogens is 3. The summed E-state index contributed by atoms with van der Waals surface area (Å²) < 4.78 is 36.9. The number of halogens is 2. The average molecular weight is 558 g/mol. The normalized spacial score (nSPS) is 21.2. The van der Waals surface area contributed by atoms with Gasteiger partial charge < -0.3 is 25.6 Å². The Balaban J connectivity index is 1.60. The molecule has 2 aliphatic rings. The number of ether oxygens (including phenoxy) is 1. The van der Waals surface area contributed by atoms with Crippen molar-refractivity contribution in [3.8, 4) is 34.9 Å². The summed E-state index contributed by atoms with van der Waals surface area (Å²) in [6, 6.07) is 6.84. The quantitative estimate of drug-likeness (QED) is 0.300. The summed E-state index contributed by atoms with van der Waals surface area (Å²) in [6.07, 6.45) is 3.69. The van der Waals surface area contributed by atoms with Crippen LogP contribution in [0, 0.1) is 29.4 Å². The first-order valence-corrected chi connectivity index (χ1v) is 13.4. The number of aromatic hydroxyl groups is 1. The molecule has 1 saturated heterocycles. The third-order valence-corrected chi connectivity index (χ3v) is 7.59. The zero-order chi connectivity index (χ0) is 28.9. The van der Waals surface area contributed by atoms with Gasteiger partial charge in [0.05, 0.1) is 17.6 Å². The lowest BCUT2D eigenvalue weighted by atomic mass is 9.94. The maximum atomic E-state index is 16.6. The number of β-amino-alcohol motifs (C(OH)–C–C–N with tert-alkyl or cyclic N) is 1. The SMILES string of the molecule is CC#Cc1nc(-c2cc(O)cc3ccc(F)cc23)c(F)c2nc(OCC3CC3=CN)nc(N3CCC[C@@](C)(O)C3)c12. The minimum Gasteiger partial charge on any atom is -0.508 e. The third kappa shape index (κ3) is 5.09. The zero-order valence-electron chi connectivity index (χ0n) is 22.7. The Labute approximate surface area is 235 Å². The average Bonchev–Trinajstić information content (AvgIpc) is 3.71. The number of piperidine rings is 1. The van der Waals surface area contributed by atoms with Gasteiger partial charge in [0.1, 0.15) is 34.3 Å². The molecule has 0 radical (unpaired) electrons. The molecular formula is C31H29F2N5O3. The van der Waals surface area contributed by atoms with Crippen LogP contribution in [-0.4, -0.2) is 50.5 Å². The maximum absolute atomic E-state index is 16.6. The van der Waals surface area contributed by atoms with Crippen LogP contribution in [0.5, 0.6) is 11.8 Å². The van der Waals surface area contributed by atoms with E-state index in [1.54, 1.807) is 20.0 Å². The number of benzene rings is 2. The molecule has 0 spiro atoms. The first kappa shape index (κ1) is 26.7. The summed E-state index contributed by atoms with van der Waals surface area (Å²) >= 11 is 0. The predicted octanol–water partition coefficient (Wildman–Crippen LogP) is 4.79. The number of fused-ring (bicyclic) bond motifs is 2. The number of pyridine rings is 1. The predicted molar refractivity (Wildman–Crippen MR) is 152 cm³/mol. The largest absolute Gasteiger partial charge is 0.508 e. The first-order chi connectivity index (χ1) is 19.7. The number of phenols is 1. The van der Waals surface area contributed by atoms with E-state index in [4.69, 9.17) is 10.5 Å². The van der Waals surface area contributed by atoms with Crippen LogP contribution in [0.2, 0.25) is 0 Å². The second-order valence-corrected chi connectivity index (χ2v) is 10.9. The van der Waals surface area contributed by atoms with Crippen molar-refractivity contribution in [2.24, 2.45) is 11.7 Å². The Hall–Kier alpha value is -4.49. The fourth-order valence-electron chi connectivity index (χ4n) is 5.50. The number of nitrogens with two attached hydrogens (primary N) is 1. The van der Waals surface area contributed by atoms with Crippen LogP contribution in [-0.2, 0) is 0 Å². The van der Waals surface area contributed by atoms with E-state index >= 15 is 4.39 Å². The van der Waals surface area contributed by atoms with Gasteiger partial charge in [-0.15, -0.1) is 0 Å². The number of hydrogen-bond acceptors (Lipinski definition) is 8. The Morgan fingerprint density at radius 3 is 2.78 bits per heavy atom. The van der Waals surface area contributed by atoms with Crippen molar-refractivity contribution in [1.29, 1.82) is 0 Å². The van der Waals surface area contributed by atoms with E-state index in [1.807, 2.05) is 4.90 Å². The van der Waals surface area contributed by atoms with Crippen LogP contribution in [0.4, 0.5) is 14.6 Å². The highest BCUT2D eigenvalue weighted by Crippen LogP contribution is 2.40. The summed E-state index contributed by atoms with van der Waals surface area (Å²) in [5, 5.41) is 22.5. The lowest BCUT2D eigenvalue weighted by molar-refractivity contribution is 0.0447. The van der Waals surface area contributed by atoms with Gasteiger partial charge in [0, 0.05) is 24.6 Å². The highest BCUT2D eigenvalue weighted by molar-refractivity contribution is 6.01. The molecule has 1 saturated carbocycles. The lowest BCUT2D eigenvalue weighted by Crippen LogP contribution is -2.46. The molecule has 0 bridgehead atoms. The van der Waals surface area contributed by atoms with E-state index in [0.29, 0.717) is 36.0 Å². The lowest BCUT2D eigenvalue weighted by Gasteiger charge is -2.38. The molecule has 2 atom stereocenters. The highest BCUT2D eigenvalue weighted by Gasteiger charge is 2.33. The molecule has 3 heterocycles. The van der Waals surface area contributed by atoms with E-state index < -0.39 is 17.2 Å². The minimum absolute atomic E-state index is 0.0285. The molecule has 4 N–H and O–H groups in total. The number of nitrogens with zero attached hydrogens (tertiary/aromatic N) is 4. The first-order valence-electron chi connectivity index (χ1n) is 13.4. The molecular weight excluding hydrogens is 528 g/mol. The van der Waals surface area contributed by atoms with Crippen molar-refractivity contribution in [3.63, 3.8) is 0 Å². The highest BCUT2D eigenvalue weighted by atomic mass is 19.1. The summed E-state index contributed by atoms with van der Waals surface area (Å²) in [5.41, 5.74) is 5.91. The van der Waals surface area contributed by atoms with Crippen molar-refractivity contribution in [1.82, 2.24) is 15.0 Å². The molecule has 210 valence electrons. The molecule has 8 nitrogen and oxygen atoms in total. The van der Waals surface area contributed by atoms with Crippen molar-refractivity contribution in [2.45, 2.75) is 38.7 Å². The topological polar surface area (TPSA) is 118 Å². The minimum atomic E-state index is -0.974. The summed E-state index contributed by atoms with van der Waals surface area (Å²) in [6.45, 7) is 4.51. The van der Waals surface area contributed by atoms with Gasteiger partial charge in [-0.3, -0.25) is 0 Å². The monoisotopic (exact) mass is 557 g/mol. The fraction of sp³-hybridized carbons (Fsp3) is 0.323. The third-order valence-electron chi connectivity index (χ3n) is 7.59. The summed E-state index contributed by atoms with van der Waals surface area (Å²) in [7, 11) is 0. The number of rotatable bonds is 5. The second-order valence-electron chi connectivity index (χ2n) is 10.9. The maximum Gasteiger partial charge on any atom is 0.319 e. The van der Waals surface area contributed by atoms with E-state index in [1.165, 1.54) is 30.3 Å². The molecule has 2 fully saturated rings. The van der Waals surface area contributed by atoms with Crippen molar-refractivity contribution < 1.29 is 23.7 Å². The van der Waals surface area contributed by atoms with Crippen LogP contribution in [0.25, 0.3) is 32.9 Å². The van der Waals surface area contributed by atoms with E-state index in [-0.39, 0.29) is 58.7 Å². The van der Waals surface area contributed by atoms with Crippen molar-refractivity contribution in [3.05, 3.63) is 59.4 Å². The number of hydrogen-bond donors (Lipinski definition) is 3. The van der Waals surface area contributed by atoms with Gasteiger partial charge in [0.2, 0.25) is 0 Å². The van der Waals surface area contributed by atoms with Gasteiger partial charge >= 0.3 is 6.01 Å². The Kier molecular flexibility index (Phi) is 6.62. The van der Waals surface area contributed by atoms with Gasteiger partial charge in [-0.25, -0.2) is 13.8 Å². The molecule has 1 unspecified atom stereocenters. The van der Waals surface area contributed by atoms with Crippen molar-refractivity contribution in [2.75, 3.05) is 24.6 Å². The number of phenolic OH excluding ortho intramolecular Hbond substituents is 1. The van der Waals surface area contributed by atoms with Crippen LogP contribution < -0.4 is 15.4 Å². The Bertz CT molecular complexity index is 1790. The molecule has 4 aromatic rings. The van der Waals surface area contributed by atoms with E-state index in [9.17, 15) is 14.6 Å². The standard InChI is InChI=1S/C31H29F2N5O3/c1-3-5-24-25-28(26(33)27(35-24)23-13-21(39)11-17-6-7-20(32)12-22(17)23)36-30(41-15-19-10-18(19)14-34)37-29(25)38-9-4-8-31(2,40)16-38/h6-7,11-14,19,39-40H,4,8-10,15-16,34H2,1-2H3/t19?,31-/m1/s1. The second kappa shape index (κ2) is 10.2. The molecule has 6 rings (SSSR count). The van der Waals surface area contributed by atoms with Gasteiger partial charge in [0.15, 0.2) is 5.82 Å².